The van der Waals surface area contributed by atoms with Gasteiger partial charge in [0.25, 0.3) is 0 Å². The summed E-state index contributed by atoms with van der Waals surface area (Å²) in [4.78, 5) is 9.24. The Labute approximate surface area is 234 Å². The van der Waals surface area contributed by atoms with E-state index in [9.17, 15) is 0 Å². The molecule has 1 heterocycles. The summed E-state index contributed by atoms with van der Waals surface area (Å²) in [5.41, 5.74) is 2.30. The van der Waals surface area contributed by atoms with Crippen LogP contribution in [0.3, 0.4) is 0 Å². The van der Waals surface area contributed by atoms with E-state index in [0.717, 1.165) is 42.0 Å². The number of unbranched alkanes of at least 4 members (excludes halogenated alkanes) is 10. The molecule has 212 valence electrons. The minimum absolute atomic E-state index is 0.801. The van der Waals surface area contributed by atoms with Crippen molar-refractivity contribution in [1.29, 1.82) is 0 Å². The molecule has 3 rings (SSSR count). The van der Waals surface area contributed by atoms with Gasteiger partial charge >= 0.3 is 0 Å². The van der Waals surface area contributed by atoms with Gasteiger partial charge in [0.15, 0.2) is 5.82 Å². The molecule has 0 aliphatic heterocycles. The van der Waals surface area contributed by atoms with Crippen molar-refractivity contribution in [2.45, 2.75) is 142 Å². The fourth-order valence-electron chi connectivity index (χ4n) is 6.21. The third-order valence-corrected chi connectivity index (χ3v) is 8.62. The second kappa shape index (κ2) is 19.2. The van der Waals surface area contributed by atoms with Crippen molar-refractivity contribution in [2.24, 2.45) is 11.8 Å². The van der Waals surface area contributed by atoms with Gasteiger partial charge in [-0.05, 0) is 67.3 Å². The molecule has 2 atom stereocenters. The number of hydrogen-bond donors (Lipinski definition) is 0. The normalized spacial score (nSPS) is 17.5. The van der Waals surface area contributed by atoms with Gasteiger partial charge in [-0.1, -0.05) is 117 Å². The highest BCUT2D eigenvalue weighted by atomic mass is 16.5. The van der Waals surface area contributed by atoms with E-state index < -0.39 is 0 Å². The average Bonchev–Trinajstić information content (AvgIpc) is 2.96. The number of aryl methyl sites for hydroxylation is 1. The standard InChI is InChI=1S/C35H56N2O/c1-3-5-7-9-10-12-14-19-31-20-15-16-21-32(31)22-17-27-38-34-25-23-33(24-26-34)35-36-28-30(29-37-35)18-13-11-8-6-4-2/h23-26,28-29,31-32H,3-22,27H2,1-2H3. The molecule has 0 amide bonds. The monoisotopic (exact) mass is 520 g/mol. The molecule has 0 spiro atoms. The lowest BCUT2D eigenvalue weighted by Crippen LogP contribution is -2.20. The van der Waals surface area contributed by atoms with Crippen LogP contribution < -0.4 is 4.74 Å². The van der Waals surface area contributed by atoms with Crippen LogP contribution in [-0.2, 0) is 6.42 Å². The summed E-state index contributed by atoms with van der Waals surface area (Å²) in [6.07, 6.45) is 31.3. The highest BCUT2D eigenvalue weighted by Gasteiger charge is 2.24. The minimum Gasteiger partial charge on any atom is -0.494 e. The molecule has 0 N–H and O–H groups in total. The van der Waals surface area contributed by atoms with E-state index in [0.29, 0.717) is 0 Å². The number of aromatic nitrogens is 2. The van der Waals surface area contributed by atoms with E-state index in [2.05, 4.69) is 48.1 Å². The first-order valence-electron chi connectivity index (χ1n) is 16.3. The first-order chi connectivity index (χ1) is 18.8. The maximum absolute atomic E-state index is 6.12. The second-order valence-corrected chi connectivity index (χ2v) is 11.8. The molecule has 2 unspecified atom stereocenters. The molecule has 1 aromatic carbocycles. The fourth-order valence-corrected chi connectivity index (χ4v) is 6.21. The molecule has 3 nitrogen and oxygen atoms in total. The first kappa shape index (κ1) is 30.6. The van der Waals surface area contributed by atoms with Crippen molar-refractivity contribution in [3.63, 3.8) is 0 Å². The summed E-state index contributed by atoms with van der Waals surface area (Å²) >= 11 is 0. The molecule has 2 aromatic rings. The second-order valence-electron chi connectivity index (χ2n) is 11.8. The smallest absolute Gasteiger partial charge is 0.159 e. The van der Waals surface area contributed by atoms with Crippen molar-refractivity contribution >= 4 is 0 Å². The average molecular weight is 521 g/mol. The Bertz CT molecular complexity index is 832. The predicted molar refractivity (Wildman–Crippen MR) is 163 cm³/mol. The molecule has 0 bridgehead atoms. The molecular formula is C35H56N2O. The van der Waals surface area contributed by atoms with E-state index in [1.165, 1.54) is 128 Å². The minimum atomic E-state index is 0.801. The molecule has 0 saturated heterocycles. The van der Waals surface area contributed by atoms with Crippen molar-refractivity contribution in [2.75, 3.05) is 6.61 Å². The van der Waals surface area contributed by atoms with Gasteiger partial charge in [-0.3, -0.25) is 0 Å². The summed E-state index contributed by atoms with van der Waals surface area (Å²) in [6.45, 7) is 5.38. The SMILES string of the molecule is CCCCCCCCCC1CCCCC1CCCOc1ccc(-c2ncc(CCCCCCC)cn2)cc1. The zero-order chi connectivity index (χ0) is 26.7. The van der Waals surface area contributed by atoms with Crippen LogP contribution >= 0.6 is 0 Å². The number of hydrogen-bond acceptors (Lipinski definition) is 3. The molecule has 1 aliphatic rings. The Kier molecular flexibility index (Phi) is 15.5. The zero-order valence-electron chi connectivity index (χ0n) is 24.8. The van der Waals surface area contributed by atoms with Gasteiger partial charge in [-0.15, -0.1) is 0 Å². The Morgan fingerprint density at radius 1 is 0.658 bits per heavy atom. The van der Waals surface area contributed by atoms with Crippen molar-refractivity contribution < 1.29 is 4.74 Å². The van der Waals surface area contributed by atoms with E-state index in [4.69, 9.17) is 4.74 Å². The summed E-state index contributed by atoms with van der Waals surface area (Å²) in [5.74, 6) is 3.65. The fraction of sp³-hybridized carbons (Fsp3) is 0.714. The highest BCUT2D eigenvalue weighted by molar-refractivity contribution is 5.55. The largest absolute Gasteiger partial charge is 0.494 e. The maximum atomic E-state index is 6.12. The van der Waals surface area contributed by atoms with Crippen LogP contribution in [0.4, 0.5) is 0 Å². The van der Waals surface area contributed by atoms with Crippen molar-refractivity contribution in [3.8, 4) is 17.1 Å². The van der Waals surface area contributed by atoms with Gasteiger partial charge in [-0.25, -0.2) is 9.97 Å². The molecule has 3 heteroatoms. The van der Waals surface area contributed by atoms with E-state index in [1.807, 2.05) is 12.4 Å². The zero-order valence-corrected chi connectivity index (χ0v) is 24.8. The van der Waals surface area contributed by atoms with Crippen LogP contribution in [0, 0.1) is 11.8 Å². The van der Waals surface area contributed by atoms with Crippen LogP contribution in [0.25, 0.3) is 11.4 Å². The van der Waals surface area contributed by atoms with Crippen LogP contribution in [0.1, 0.15) is 141 Å². The van der Waals surface area contributed by atoms with Gasteiger partial charge in [-0.2, -0.15) is 0 Å². The van der Waals surface area contributed by atoms with Gasteiger partial charge in [0.2, 0.25) is 0 Å². The molecule has 38 heavy (non-hydrogen) atoms. The summed E-state index contributed by atoms with van der Waals surface area (Å²) in [5, 5.41) is 0. The molecule has 1 aliphatic carbocycles. The summed E-state index contributed by atoms with van der Waals surface area (Å²) in [6, 6.07) is 8.33. The van der Waals surface area contributed by atoms with Gasteiger partial charge in [0.05, 0.1) is 6.61 Å². The van der Waals surface area contributed by atoms with Gasteiger partial charge in [0.1, 0.15) is 5.75 Å². The van der Waals surface area contributed by atoms with E-state index >= 15 is 0 Å². The Morgan fingerprint density at radius 2 is 1.21 bits per heavy atom. The number of nitrogens with zero attached hydrogens (tertiary/aromatic N) is 2. The quantitative estimate of drug-likeness (QED) is 0.163. The molecule has 1 fully saturated rings. The van der Waals surface area contributed by atoms with E-state index in [1.54, 1.807) is 0 Å². The maximum Gasteiger partial charge on any atom is 0.159 e. The predicted octanol–water partition coefficient (Wildman–Crippen LogP) is 10.8. The van der Waals surface area contributed by atoms with Crippen molar-refractivity contribution in [1.82, 2.24) is 9.97 Å². The Hall–Kier alpha value is -1.90. The van der Waals surface area contributed by atoms with Gasteiger partial charge in [0, 0.05) is 18.0 Å². The summed E-state index contributed by atoms with van der Waals surface area (Å²) in [7, 11) is 0. The number of ether oxygens (including phenoxy) is 1. The molecule has 1 aromatic heterocycles. The van der Waals surface area contributed by atoms with Gasteiger partial charge < -0.3 is 4.74 Å². The lowest BCUT2D eigenvalue weighted by molar-refractivity contribution is 0.190. The first-order valence-corrected chi connectivity index (χ1v) is 16.3. The summed E-state index contributed by atoms with van der Waals surface area (Å²) < 4.78 is 6.12. The lowest BCUT2D eigenvalue weighted by atomic mass is 9.74. The highest BCUT2D eigenvalue weighted by Crippen LogP contribution is 2.36. The number of benzene rings is 1. The van der Waals surface area contributed by atoms with Crippen LogP contribution in [-0.4, -0.2) is 16.6 Å². The topological polar surface area (TPSA) is 35.0 Å². The Morgan fingerprint density at radius 3 is 1.84 bits per heavy atom. The third-order valence-electron chi connectivity index (χ3n) is 8.62. The Balaban J connectivity index is 1.32. The number of rotatable bonds is 20. The molecular weight excluding hydrogens is 464 g/mol. The van der Waals surface area contributed by atoms with E-state index in [-0.39, 0.29) is 0 Å². The lowest BCUT2D eigenvalue weighted by Gasteiger charge is -2.32. The van der Waals surface area contributed by atoms with Crippen molar-refractivity contribution in [3.05, 3.63) is 42.2 Å². The third kappa shape index (κ3) is 11.9. The molecule has 0 radical (unpaired) electrons. The van der Waals surface area contributed by atoms with Crippen LogP contribution in [0.2, 0.25) is 0 Å². The van der Waals surface area contributed by atoms with Crippen LogP contribution in [0.5, 0.6) is 5.75 Å². The van der Waals surface area contributed by atoms with Crippen LogP contribution in [0.15, 0.2) is 36.7 Å². The molecule has 1 saturated carbocycles.